The van der Waals surface area contributed by atoms with Gasteiger partial charge in [-0.2, -0.15) is 0 Å². The standard InChI is InChI=1S/C11H11ClN2O4/c12-7-1-2-8(13-5-7)10(15)14-3-4-18-9(6-14)11(16)17/h1-2,5,9H,3-4,6H2,(H,16,17)/t9-/m0/s1. The number of hydrogen-bond acceptors (Lipinski definition) is 4. The van der Waals surface area contributed by atoms with Gasteiger partial charge in [0.1, 0.15) is 5.69 Å². The van der Waals surface area contributed by atoms with Gasteiger partial charge < -0.3 is 14.7 Å². The van der Waals surface area contributed by atoms with Gasteiger partial charge >= 0.3 is 5.97 Å². The molecule has 7 heteroatoms. The molecule has 2 heterocycles. The third-order valence-corrected chi connectivity index (χ3v) is 2.80. The van der Waals surface area contributed by atoms with E-state index in [2.05, 4.69) is 4.98 Å². The van der Waals surface area contributed by atoms with Gasteiger partial charge in [-0.05, 0) is 12.1 Å². The van der Waals surface area contributed by atoms with E-state index in [0.29, 0.717) is 11.6 Å². The lowest BCUT2D eigenvalue weighted by Gasteiger charge is -2.30. The summed E-state index contributed by atoms with van der Waals surface area (Å²) in [5.41, 5.74) is 0.241. The second-order valence-electron chi connectivity index (χ2n) is 3.81. The fraction of sp³-hybridized carbons (Fsp3) is 0.364. The van der Waals surface area contributed by atoms with E-state index in [1.54, 1.807) is 6.07 Å². The zero-order valence-corrected chi connectivity index (χ0v) is 10.1. The molecule has 1 aromatic heterocycles. The predicted molar refractivity (Wildman–Crippen MR) is 62.5 cm³/mol. The molecule has 1 aliphatic heterocycles. The topological polar surface area (TPSA) is 79.7 Å². The molecule has 0 spiro atoms. The van der Waals surface area contributed by atoms with Crippen LogP contribution in [0.25, 0.3) is 0 Å². The van der Waals surface area contributed by atoms with Crippen LogP contribution in [-0.2, 0) is 9.53 Å². The molecule has 0 aliphatic carbocycles. The smallest absolute Gasteiger partial charge is 0.334 e. The number of ether oxygens (including phenoxy) is 1. The molecule has 2 rings (SSSR count). The van der Waals surface area contributed by atoms with Gasteiger partial charge in [0.25, 0.3) is 5.91 Å². The van der Waals surface area contributed by atoms with Crippen LogP contribution >= 0.6 is 11.6 Å². The van der Waals surface area contributed by atoms with Gasteiger partial charge in [-0.25, -0.2) is 9.78 Å². The maximum absolute atomic E-state index is 12.1. The minimum Gasteiger partial charge on any atom is -0.479 e. The monoisotopic (exact) mass is 270 g/mol. The van der Waals surface area contributed by atoms with E-state index in [9.17, 15) is 9.59 Å². The lowest BCUT2D eigenvalue weighted by atomic mass is 10.2. The Morgan fingerprint density at radius 3 is 2.89 bits per heavy atom. The van der Waals surface area contributed by atoms with Crippen molar-refractivity contribution < 1.29 is 19.4 Å². The van der Waals surface area contributed by atoms with Crippen molar-refractivity contribution in [1.29, 1.82) is 0 Å². The van der Waals surface area contributed by atoms with Gasteiger partial charge in [0.15, 0.2) is 6.10 Å². The third-order valence-electron chi connectivity index (χ3n) is 2.58. The first-order chi connectivity index (χ1) is 8.58. The number of carbonyl (C=O) groups excluding carboxylic acids is 1. The Balaban J connectivity index is 2.09. The number of pyridine rings is 1. The Morgan fingerprint density at radius 2 is 2.28 bits per heavy atom. The molecule has 18 heavy (non-hydrogen) atoms. The normalized spacial score (nSPS) is 19.6. The number of nitrogens with zero attached hydrogens (tertiary/aromatic N) is 2. The molecule has 1 aliphatic rings. The van der Waals surface area contributed by atoms with Crippen LogP contribution < -0.4 is 0 Å². The first-order valence-electron chi connectivity index (χ1n) is 5.33. The first kappa shape index (κ1) is 12.8. The van der Waals surface area contributed by atoms with Crippen LogP contribution in [0, 0.1) is 0 Å². The lowest BCUT2D eigenvalue weighted by Crippen LogP contribution is -2.48. The number of carbonyl (C=O) groups is 2. The number of morpholine rings is 1. The van der Waals surface area contributed by atoms with Crippen LogP contribution in [0.4, 0.5) is 0 Å². The van der Waals surface area contributed by atoms with Crippen molar-refractivity contribution in [3.8, 4) is 0 Å². The third kappa shape index (κ3) is 2.77. The van der Waals surface area contributed by atoms with E-state index < -0.39 is 12.1 Å². The Kier molecular flexibility index (Phi) is 3.78. The van der Waals surface area contributed by atoms with Crippen molar-refractivity contribution in [2.24, 2.45) is 0 Å². The number of amides is 1. The SMILES string of the molecule is O=C(O)[C@@H]1CN(C(=O)c2ccc(Cl)cn2)CCO1. The largest absolute Gasteiger partial charge is 0.479 e. The zero-order valence-electron chi connectivity index (χ0n) is 9.38. The summed E-state index contributed by atoms with van der Waals surface area (Å²) in [5.74, 6) is -1.39. The molecule has 0 radical (unpaired) electrons. The second kappa shape index (κ2) is 5.32. The summed E-state index contributed by atoms with van der Waals surface area (Å²) in [6.07, 6.45) is 0.402. The summed E-state index contributed by atoms with van der Waals surface area (Å²) in [6.45, 7) is 0.585. The average Bonchev–Trinajstić information content (AvgIpc) is 2.39. The molecule has 1 atom stereocenters. The first-order valence-corrected chi connectivity index (χ1v) is 5.71. The van der Waals surface area contributed by atoms with Crippen LogP contribution in [-0.4, -0.2) is 52.7 Å². The Hall–Kier alpha value is -1.66. The molecule has 1 N–H and O–H groups in total. The summed E-state index contributed by atoms with van der Waals surface area (Å²) in [4.78, 5) is 28.2. The quantitative estimate of drug-likeness (QED) is 0.854. The van der Waals surface area contributed by atoms with Crippen molar-refractivity contribution in [1.82, 2.24) is 9.88 Å². The highest BCUT2D eigenvalue weighted by molar-refractivity contribution is 6.30. The summed E-state index contributed by atoms with van der Waals surface area (Å²) in [7, 11) is 0. The fourth-order valence-electron chi connectivity index (χ4n) is 1.65. The van der Waals surface area contributed by atoms with E-state index in [1.807, 2.05) is 0 Å². The minimum absolute atomic E-state index is 0.0263. The van der Waals surface area contributed by atoms with Crippen molar-refractivity contribution in [3.05, 3.63) is 29.0 Å². The number of aromatic nitrogens is 1. The van der Waals surface area contributed by atoms with Gasteiger partial charge in [-0.15, -0.1) is 0 Å². The van der Waals surface area contributed by atoms with Gasteiger partial charge in [0.2, 0.25) is 0 Å². The van der Waals surface area contributed by atoms with Gasteiger partial charge in [0, 0.05) is 12.7 Å². The number of halogens is 1. The number of carboxylic acid groups (broad SMARTS) is 1. The highest BCUT2D eigenvalue weighted by Gasteiger charge is 2.29. The van der Waals surface area contributed by atoms with Crippen LogP contribution in [0.1, 0.15) is 10.5 Å². The molecule has 1 saturated heterocycles. The Morgan fingerprint density at radius 1 is 1.50 bits per heavy atom. The molecule has 0 bridgehead atoms. The van der Waals surface area contributed by atoms with Crippen molar-refractivity contribution >= 4 is 23.5 Å². The van der Waals surface area contributed by atoms with Gasteiger partial charge in [0.05, 0.1) is 18.2 Å². The maximum atomic E-state index is 12.1. The number of aliphatic carboxylic acids is 1. The number of carboxylic acids is 1. The van der Waals surface area contributed by atoms with Crippen molar-refractivity contribution in [3.63, 3.8) is 0 Å². The summed E-state index contributed by atoms with van der Waals surface area (Å²) in [6, 6.07) is 3.08. The molecule has 0 saturated carbocycles. The van der Waals surface area contributed by atoms with E-state index in [1.165, 1.54) is 17.2 Å². The van der Waals surface area contributed by atoms with Crippen molar-refractivity contribution in [2.75, 3.05) is 19.7 Å². The molecule has 1 aromatic rings. The molecular weight excluding hydrogens is 260 g/mol. The summed E-state index contributed by atoms with van der Waals surface area (Å²) < 4.78 is 5.04. The molecule has 0 unspecified atom stereocenters. The highest BCUT2D eigenvalue weighted by Crippen LogP contribution is 2.11. The van der Waals surface area contributed by atoms with Crippen LogP contribution in [0.2, 0.25) is 5.02 Å². The molecule has 6 nitrogen and oxygen atoms in total. The van der Waals surface area contributed by atoms with E-state index in [4.69, 9.17) is 21.4 Å². The van der Waals surface area contributed by atoms with E-state index in [-0.39, 0.29) is 24.8 Å². The van der Waals surface area contributed by atoms with Gasteiger partial charge in [-0.3, -0.25) is 4.79 Å². The lowest BCUT2D eigenvalue weighted by molar-refractivity contribution is -0.154. The second-order valence-corrected chi connectivity index (χ2v) is 4.25. The molecule has 1 fully saturated rings. The molecule has 1 amide bonds. The van der Waals surface area contributed by atoms with Crippen molar-refractivity contribution in [2.45, 2.75) is 6.10 Å². The minimum atomic E-state index is -1.07. The maximum Gasteiger partial charge on any atom is 0.334 e. The molecular formula is C11H11ClN2O4. The molecule has 0 aromatic carbocycles. The summed E-state index contributed by atoms with van der Waals surface area (Å²) >= 11 is 5.68. The Bertz CT molecular complexity index is 463. The van der Waals surface area contributed by atoms with E-state index in [0.717, 1.165) is 0 Å². The van der Waals surface area contributed by atoms with Crippen LogP contribution in [0.5, 0.6) is 0 Å². The average molecular weight is 271 g/mol. The summed E-state index contributed by atoms with van der Waals surface area (Å²) in [5, 5.41) is 9.29. The van der Waals surface area contributed by atoms with Crippen LogP contribution in [0.15, 0.2) is 18.3 Å². The number of hydrogen-bond donors (Lipinski definition) is 1. The van der Waals surface area contributed by atoms with Gasteiger partial charge in [-0.1, -0.05) is 11.6 Å². The predicted octanol–water partition coefficient (Wildman–Crippen LogP) is 0.661. The fourth-order valence-corrected chi connectivity index (χ4v) is 1.76. The molecule has 96 valence electrons. The number of rotatable bonds is 2. The van der Waals surface area contributed by atoms with E-state index >= 15 is 0 Å². The van der Waals surface area contributed by atoms with Crippen LogP contribution in [0.3, 0.4) is 0 Å². The Labute approximate surface area is 108 Å². The highest BCUT2D eigenvalue weighted by atomic mass is 35.5. The zero-order chi connectivity index (χ0) is 13.1.